The first-order valence-electron chi connectivity index (χ1n) is 9.15. The Morgan fingerprint density at radius 1 is 1.21 bits per heavy atom. The minimum absolute atomic E-state index is 0.107. The molecule has 28 heavy (non-hydrogen) atoms. The molecule has 1 unspecified atom stereocenters. The summed E-state index contributed by atoms with van der Waals surface area (Å²) in [5.74, 6) is -0.390. The molecule has 2 N–H and O–H groups in total. The van der Waals surface area contributed by atoms with Crippen molar-refractivity contribution in [3.05, 3.63) is 54.1 Å². The first kappa shape index (κ1) is 19.4. The SMILES string of the molecule is Cc1cccc(NC(=O)N(C)CC(=O)N2c3ccccc3NC(=O)CC2C)c1. The number of amides is 4. The third kappa shape index (κ3) is 4.31. The highest BCUT2D eigenvalue weighted by molar-refractivity contribution is 6.05. The van der Waals surface area contributed by atoms with Gasteiger partial charge in [0, 0.05) is 25.2 Å². The highest BCUT2D eigenvalue weighted by atomic mass is 16.2. The third-order valence-corrected chi connectivity index (χ3v) is 4.62. The van der Waals surface area contributed by atoms with E-state index in [2.05, 4.69) is 10.6 Å². The summed E-state index contributed by atoms with van der Waals surface area (Å²) in [6.07, 6.45) is 0.194. The van der Waals surface area contributed by atoms with Crippen molar-refractivity contribution in [3.63, 3.8) is 0 Å². The quantitative estimate of drug-likeness (QED) is 0.858. The number of hydrogen-bond donors (Lipinski definition) is 2. The Morgan fingerprint density at radius 3 is 2.71 bits per heavy atom. The smallest absolute Gasteiger partial charge is 0.322 e. The first-order valence-corrected chi connectivity index (χ1v) is 9.15. The van der Waals surface area contributed by atoms with E-state index in [0.717, 1.165) is 5.56 Å². The Morgan fingerprint density at radius 2 is 1.96 bits per heavy atom. The van der Waals surface area contributed by atoms with Gasteiger partial charge in [-0.25, -0.2) is 4.79 Å². The van der Waals surface area contributed by atoms with Crippen molar-refractivity contribution in [2.45, 2.75) is 26.3 Å². The van der Waals surface area contributed by atoms with E-state index >= 15 is 0 Å². The molecule has 0 saturated carbocycles. The standard InChI is InChI=1S/C21H24N4O3/c1-14-7-6-8-16(11-14)22-21(28)24(3)13-20(27)25-15(2)12-19(26)23-17-9-4-5-10-18(17)25/h4-11,15H,12-13H2,1-3H3,(H,22,28)(H,23,26). The van der Waals surface area contributed by atoms with Crippen LogP contribution in [-0.4, -0.2) is 42.4 Å². The average molecular weight is 380 g/mol. The average Bonchev–Trinajstić information content (AvgIpc) is 2.75. The summed E-state index contributed by atoms with van der Waals surface area (Å²) in [6, 6.07) is 13.9. The lowest BCUT2D eigenvalue weighted by molar-refractivity contribution is -0.119. The third-order valence-electron chi connectivity index (χ3n) is 4.62. The van der Waals surface area contributed by atoms with Crippen LogP contribution in [0.3, 0.4) is 0 Å². The molecular formula is C21H24N4O3. The zero-order chi connectivity index (χ0) is 20.3. The molecular weight excluding hydrogens is 356 g/mol. The van der Waals surface area contributed by atoms with Gasteiger partial charge in [0.2, 0.25) is 11.8 Å². The number of nitrogens with zero attached hydrogens (tertiary/aromatic N) is 2. The molecule has 2 aromatic rings. The van der Waals surface area contributed by atoms with Gasteiger partial charge in [-0.15, -0.1) is 0 Å². The van der Waals surface area contributed by atoms with Crippen LogP contribution in [0.25, 0.3) is 0 Å². The summed E-state index contributed by atoms with van der Waals surface area (Å²) >= 11 is 0. The van der Waals surface area contributed by atoms with Gasteiger partial charge in [0.15, 0.2) is 0 Å². The number of anilines is 3. The topological polar surface area (TPSA) is 81.8 Å². The Bertz CT molecular complexity index is 912. The van der Waals surface area contributed by atoms with Crippen LogP contribution >= 0.6 is 0 Å². The normalized spacial score (nSPS) is 15.9. The van der Waals surface area contributed by atoms with Gasteiger partial charge in [-0.2, -0.15) is 0 Å². The van der Waals surface area contributed by atoms with Crippen molar-refractivity contribution in [3.8, 4) is 0 Å². The molecule has 0 saturated heterocycles. The van der Waals surface area contributed by atoms with Crippen LogP contribution in [0.4, 0.5) is 21.9 Å². The number of carbonyl (C=O) groups excluding carboxylic acids is 3. The van der Waals surface area contributed by atoms with E-state index in [9.17, 15) is 14.4 Å². The fraction of sp³-hybridized carbons (Fsp3) is 0.286. The molecule has 0 aromatic heterocycles. The summed E-state index contributed by atoms with van der Waals surface area (Å²) in [5, 5.41) is 5.62. The van der Waals surface area contributed by atoms with Crippen LogP contribution in [0.1, 0.15) is 18.9 Å². The number of hydrogen-bond acceptors (Lipinski definition) is 3. The van der Waals surface area contributed by atoms with Gasteiger partial charge in [-0.05, 0) is 43.7 Å². The maximum Gasteiger partial charge on any atom is 0.322 e. The van der Waals surface area contributed by atoms with Crippen LogP contribution in [0.2, 0.25) is 0 Å². The molecule has 0 aliphatic carbocycles. The summed E-state index contributed by atoms with van der Waals surface area (Å²) in [7, 11) is 1.57. The number of carbonyl (C=O) groups is 3. The number of likely N-dealkylation sites (N-methyl/N-ethyl adjacent to an activating group) is 1. The van der Waals surface area contributed by atoms with Crippen molar-refractivity contribution in [1.29, 1.82) is 0 Å². The van der Waals surface area contributed by atoms with Crippen molar-refractivity contribution < 1.29 is 14.4 Å². The molecule has 146 valence electrons. The van der Waals surface area contributed by atoms with Crippen molar-refractivity contribution >= 4 is 34.9 Å². The van der Waals surface area contributed by atoms with Crippen LogP contribution in [0.5, 0.6) is 0 Å². The van der Waals surface area contributed by atoms with Crippen molar-refractivity contribution in [1.82, 2.24) is 4.90 Å². The number of nitrogens with one attached hydrogen (secondary N) is 2. The molecule has 0 bridgehead atoms. The number of aryl methyl sites for hydroxylation is 1. The number of para-hydroxylation sites is 2. The molecule has 1 aliphatic heterocycles. The van der Waals surface area contributed by atoms with Crippen LogP contribution in [0, 0.1) is 6.92 Å². The number of urea groups is 1. The maximum atomic E-state index is 13.0. The lowest BCUT2D eigenvalue weighted by atomic mass is 10.1. The lowest BCUT2D eigenvalue weighted by Crippen LogP contribution is -2.46. The van der Waals surface area contributed by atoms with Gasteiger partial charge in [-0.1, -0.05) is 24.3 Å². The predicted molar refractivity (Wildman–Crippen MR) is 109 cm³/mol. The van der Waals surface area contributed by atoms with E-state index in [1.54, 1.807) is 36.2 Å². The van der Waals surface area contributed by atoms with E-state index in [0.29, 0.717) is 17.1 Å². The molecule has 1 atom stereocenters. The minimum atomic E-state index is -0.371. The summed E-state index contributed by atoms with van der Waals surface area (Å²) < 4.78 is 0. The highest BCUT2D eigenvalue weighted by Gasteiger charge is 2.30. The highest BCUT2D eigenvalue weighted by Crippen LogP contribution is 2.31. The van der Waals surface area contributed by atoms with E-state index in [1.165, 1.54) is 4.90 Å². The summed E-state index contributed by atoms with van der Waals surface area (Å²) in [6.45, 7) is 3.66. The molecule has 4 amide bonds. The van der Waals surface area contributed by atoms with Gasteiger partial charge < -0.3 is 20.4 Å². The molecule has 0 fully saturated rings. The van der Waals surface area contributed by atoms with Crippen molar-refractivity contribution in [2.24, 2.45) is 0 Å². The maximum absolute atomic E-state index is 13.0. The molecule has 1 aliphatic rings. The van der Waals surface area contributed by atoms with Gasteiger partial charge in [-0.3, -0.25) is 9.59 Å². The van der Waals surface area contributed by atoms with Crippen LogP contribution in [-0.2, 0) is 9.59 Å². The van der Waals surface area contributed by atoms with Gasteiger partial charge >= 0.3 is 6.03 Å². The Labute approximate surface area is 164 Å². The second-order valence-corrected chi connectivity index (χ2v) is 7.04. The monoisotopic (exact) mass is 380 g/mol. The molecule has 1 heterocycles. The molecule has 0 radical (unpaired) electrons. The molecule has 7 heteroatoms. The van der Waals surface area contributed by atoms with Gasteiger partial charge in [0.05, 0.1) is 11.4 Å². The van der Waals surface area contributed by atoms with E-state index in [4.69, 9.17) is 0 Å². The Hall–Kier alpha value is -3.35. The summed E-state index contributed by atoms with van der Waals surface area (Å²) in [4.78, 5) is 40.5. The Balaban J connectivity index is 1.74. The summed E-state index contributed by atoms with van der Waals surface area (Å²) in [5.41, 5.74) is 2.94. The van der Waals surface area contributed by atoms with E-state index in [-0.39, 0.29) is 36.9 Å². The van der Waals surface area contributed by atoms with Gasteiger partial charge in [0.1, 0.15) is 6.54 Å². The van der Waals surface area contributed by atoms with E-state index in [1.807, 2.05) is 38.1 Å². The predicted octanol–water partition coefficient (Wildman–Crippen LogP) is 3.22. The van der Waals surface area contributed by atoms with Crippen LogP contribution < -0.4 is 15.5 Å². The number of fused-ring (bicyclic) bond motifs is 1. The fourth-order valence-corrected chi connectivity index (χ4v) is 3.26. The molecule has 0 spiro atoms. The minimum Gasteiger partial charge on any atom is -0.324 e. The van der Waals surface area contributed by atoms with Crippen LogP contribution in [0.15, 0.2) is 48.5 Å². The zero-order valence-corrected chi connectivity index (χ0v) is 16.2. The second-order valence-electron chi connectivity index (χ2n) is 7.04. The fourth-order valence-electron chi connectivity index (χ4n) is 3.26. The molecule has 3 rings (SSSR count). The second kappa shape index (κ2) is 8.12. The van der Waals surface area contributed by atoms with Crippen molar-refractivity contribution in [2.75, 3.05) is 29.1 Å². The largest absolute Gasteiger partial charge is 0.324 e. The lowest BCUT2D eigenvalue weighted by Gasteiger charge is -2.29. The first-order chi connectivity index (χ1) is 13.3. The molecule has 7 nitrogen and oxygen atoms in total. The van der Waals surface area contributed by atoms with E-state index < -0.39 is 0 Å². The Kier molecular flexibility index (Phi) is 5.63. The zero-order valence-electron chi connectivity index (χ0n) is 16.2. The molecule has 2 aromatic carbocycles. The number of rotatable bonds is 3. The number of benzene rings is 2. The van der Waals surface area contributed by atoms with Gasteiger partial charge in [0.25, 0.3) is 0 Å².